The first-order valence-corrected chi connectivity index (χ1v) is 3.56. The third kappa shape index (κ3) is 3.33. The molecule has 3 nitrogen and oxygen atoms in total. The van der Waals surface area contributed by atoms with Crippen molar-refractivity contribution in [3.05, 3.63) is 16.1 Å². The van der Waals surface area contributed by atoms with E-state index in [1.54, 1.807) is 0 Å². The van der Waals surface area contributed by atoms with Gasteiger partial charge in [0.25, 0.3) is 5.97 Å². The van der Waals surface area contributed by atoms with Gasteiger partial charge in [0.2, 0.25) is 0 Å². The molecule has 0 fully saturated rings. The van der Waals surface area contributed by atoms with E-state index in [2.05, 4.69) is 10.5 Å². The topological polar surface area (TPSA) is 50.2 Å². The van der Waals surface area contributed by atoms with Gasteiger partial charge in [-0.15, -0.1) is 4.88 Å². The molecular weight excluding hydrogens is 173 g/mol. The molecule has 0 amide bonds. The van der Waals surface area contributed by atoms with Crippen molar-refractivity contribution in [2.24, 2.45) is 0 Å². The maximum absolute atomic E-state index is 10.2. The van der Waals surface area contributed by atoms with E-state index in [0.717, 1.165) is 4.88 Å². The Kier molecular flexibility index (Phi) is 4.92. The molecule has 0 aromatic carbocycles. The molecule has 0 radical (unpaired) electrons. The van der Waals surface area contributed by atoms with E-state index in [1.165, 1.54) is 11.3 Å². The van der Waals surface area contributed by atoms with Gasteiger partial charge in [0, 0.05) is 6.42 Å². The van der Waals surface area contributed by atoms with Crippen molar-refractivity contribution in [1.29, 1.82) is 0 Å². The summed E-state index contributed by atoms with van der Waals surface area (Å²) >= 11 is 1.35. The Morgan fingerprint density at radius 3 is 2.82 bits per heavy atom. The van der Waals surface area contributed by atoms with E-state index in [0.29, 0.717) is 5.69 Å². The average molecular weight is 179 g/mol. The van der Waals surface area contributed by atoms with Gasteiger partial charge in [-0.25, -0.2) is 0 Å². The SMILES string of the molecule is Cc1s[c-]nc1CC(=O)O.[Na+]. The molecule has 1 rings (SSSR count). The molecular formula is C6H6NNaO2S. The molecule has 1 aromatic heterocycles. The Bertz CT molecular complexity index is 248. The molecule has 0 unspecified atom stereocenters. The summed E-state index contributed by atoms with van der Waals surface area (Å²) in [5.74, 6) is -0.845. The average Bonchev–Trinajstić information content (AvgIpc) is 2.15. The van der Waals surface area contributed by atoms with Crippen molar-refractivity contribution >= 4 is 17.3 Å². The Hall–Kier alpha value is 0.100. The van der Waals surface area contributed by atoms with E-state index >= 15 is 0 Å². The largest absolute Gasteiger partial charge is 1.00 e. The van der Waals surface area contributed by atoms with Crippen molar-refractivity contribution in [3.63, 3.8) is 0 Å². The van der Waals surface area contributed by atoms with Crippen LogP contribution >= 0.6 is 11.3 Å². The van der Waals surface area contributed by atoms with Gasteiger partial charge in [-0.2, -0.15) is 0 Å². The minimum Gasteiger partial charge on any atom is -0.482 e. The van der Waals surface area contributed by atoms with Crippen molar-refractivity contribution in [1.82, 2.24) is 4.98 Å². The summed E-state index contributed by atoms with van der Waals surface area (Å²) in [4.78, 5) is 14.9. The predicted molar refractivity (Wildman–Crippen MR) is 37.0 cm³/mol. The molecule has 1 aromatic rings. The van der Waals surface area contributed by atoms with E-state index in [-0.39, 0.29) is 36.0 Å². The Labute approximate surface area is 90.8 Å². The monoisotopic (exact) mass is 179 g/mol. The van der Waals surface area contributed by atoms with Crippen LogP contribution in [0.3, 0.4) is 0 Å². The van der Waals surface area contributed by atoms with Crippen LogP contribution in [0.1, 0.15) is 10.6 Å². The molecule has 1 heterocycles. The summed E-state index contributed by atoms with van der Waals surface area (Å²) in [7, 11) is 0. The van der Waals surface area contributed by atoms with Crippen LogP contribution in [0.25, 0.3) is 0 Å². The fraction of sp³-hybridized carbons (Fsp3) is 0.333. The third-order valence-corrected chi connectivity index (χ3v) is 1.83. The van der Waals surface area contributed by atoms with Crippen molar-refractivity contribution in [2.75, 3.05) is 0 Å². The molecule has 0 aliphatic rings. The Morgan fingerprint density at radius 2 is 2.45 bits per heavy atom. The summed E-state index contributed by atoms with van der Waals surface area (Å²) in [5, 5.41) is 8.36. The number of aromatic nitrogens is 1. The van der Waals surface area contributed by atoms with Crippen LogP contribution < -0.4 is 29.6 Å². The number of hydrogen-bond donors (Lipinski definition) is 1. The maximum atomic E-state index is 10.2. The van der Waals surface area contributed by atoms with Crippen LogP contribution in [-0.2, 0) is 11.2 Å². The van der Waals surface area contributed by atoms with Crippen molar-refractivity contribution in [2.45, 2.75) is 13.3 Å². The zero-order chi connectivity index (χ0) is 7.56. The third-order valence-electron chi connectivity index (χ3n) is 1.10. The van der Waals surface area contributed by atoms with Gasteiger partial charge in [-0.3, -0.25) is 16.1 Å². The summed E-state index contributed by atoms with van der Waals surface area (Å²) in [5.41, 5.74) is 3.25. The molecule has 0 saturated heterocycles. The molecule has 0 saturated carbocycles. The molecule has 54 valence electrons. The minimum atomic E-state index is -0.845. The Balaban J connectivity index is 0.000001000. The molecule has 1 N–H and O–H groups in total. The summed E-state index contributed by atoms with van der Waals surface area (Å²) in [6.45, 7) is 1.84. The number of hydrogen-bond acceptors (Lipinski definition) is 3. The number of thiazole rings is 1. The first-order chi connectivity index (χ1) is 4.70. The van der Waals surface area contributed by atoms with Crippen LogP contribution in [0, 0.1) is 12.4 Å². The molecule has 11 heavy (non-hydrogen) atoms. The number of aliphatic carboxylic acids is 1. The van der Waals surface area contributed by atoms with Gasteiger partial charge in [-0.05, 0) is 5.51 Å². The van der Waals surface area contributed by atoms with Gasteiger partial charge in [-0.1, -0.05) is 12.6 Å². The van der Waals surface area contributed by atoms with E-state index in [1.807, 2.05) is 6.92 Å². The minimum absolute atomic E-state index is 0. The van der Waals surface area contributed by atoms with Crippen LogP contribution in [-0.4, -0.2) is 16.1 Å². The van der Waals surface area contributed by atoms with Gasteiger partial charge < -0.3 is 10.1 Å². The zero-order valence-electron chi connectivity index (χ0n) is 6.42. The fourth-order valence-corrected chi connectivity index (χ4v) is 1.12. The molecule has 0 atom stereocenters. The van der Waals surface area contributed by atoms with Crippen LogP contribution in [0.15, 0.2) is 0 Å². The maximum Gasteiger partial charge on any atom is 1.00 e. The number of nitrogens with zero attached hydrogens (tertiary/aromatic N) is 1. The number of carboxylic acid groups (broad SMARTS) is 1. The molecule has 0 spiro atoms. The van der Waals surface area contributed by atoms with E-state index < -0.39 is 5.97 Å². The first kappa shape index (κ1) is 11.1. The van der Waals surface area contributed by atoms with Crippen LogP contribution in [0.4, 0.5) is 0 Å². The van der Waals surface area contributed by atoms with Crippen LogP contribution in [0.2, 0.25) is 0 Å². The second kappa shape index (κ2) is 4.87. The second-order valence-corrected chi connectivity index (χ2v) is 2.88. The second-order valence-electron chi connectivity index (χ2n) is 1.88. The van der Waals surface area contributed by atoms with Gasteiger partial charge in [0.15, 0.2) is 0 Å². The smallest absolute Gasteiger partial charge is 0.482 e. The molecule has 0 aliphatic heterocycles. The number of carboxylic acids is 1. The fourth-order valence-electron chi connectivity index (χ4n) is 0.591. The van der Waals surface area contributed by atoms with Crippen LogP contribution in [0.5, 0.6) is 0 Å². The molecule has 5 heteroatoms. The van der Waals surface area contributed by atoms with Gasteiger partial charge >= 0.3 is 29.6 Å². The Morgan fingerprint density at radius 1 is 1.82 bits per heavy atom. The van der Waals surface area contributed by atoms with E-state index in [4.69, 9.17) is 5.11 Å². The molecule has 0 aliphatic carbocycles. The van der Waals surface area contributed by atoms with Gasteiger partial charge in [0.1, 0.15) is 0 Å². The number of rotatable bonds is 2. The van der Waals surface area contributed by atoms with Crippen molar-refractivity contribution in [3.8, 4) is 0 Å². The van der Waals surface area contributed by atoms with E-state index in [9.17, 15) is 4.79 Å². The number of carbonyl (C=O) groups is 1. The quantitative estimate of drug-likeness (QED) is 0.417. The molecule has 0 bridgehead atoms. The number of aryl methyl sites for hydroxylation is 1. The predicted octanol–water partition coefficient (Wildman–Crippen LogP) is -2.12. The summed E-state index contributed by atoms with van der Waals surface area (Å²) < 4.78 is 0. The standard InChI is InChI=1S/C6H6NO2S.Na/c1-4-5(2-6(8)9)7-3-10-4;/h2H2,1H3,(H,8,9);/q-1;+1. The zero-order valence-corrected chi connectivity index (χ0v) is 9.23. The van der Waals surface area contributed by atoms with Crippen molar-refractivity contribution < 1.29 is 39.5 Å². The first-order valence-electron chi connectivity index (χ1n) is 2.74. The normalized spacial score (nSPS) is 8.82. The van der Waals surface area contributed by atoms with Gasteiger partial charge in [0.05, 0.1) is 0 Å². The summed E-state index contributed by atoms with van der Waals surface area (Å²) in [6.07, 6.45) is 0.00579. The summed E-state index contributed by atoms with van der Waals surface area (Å²) in [6, 6.07) is 0.